The first-order valence-electron chi connectivity index (χ1n) is 5.23. The molecule has 1 atom stereocenters. The van der Waals surface area contributed by atoms with Gasteiger partial charge in [-0.25, -0.2) is 0 Å². The third kappa shape index (κ3) is 1.98. The Kier molecular flexibility index (Phi) is 2.35. The van der Waals surface area contributed by atoms with Crippen LogP contribution in [-0.2, 0) is 0 Å². The number of rotatable bonds is 3. The average Bonchev–Trinajstić information content (AvgIpc) is 2.51. The molecule has 1 unspecified atom stereocenters. The summed E-state index contributed by atoms with van der Waals surface area (Å²) in [4.78, 5) is 0. The largest absolute Gasteiger partial charge is 0.364 e. The van der Waals surface area contributed by atoms with Gasteiger partial charge in [-0.05, 0) is 25.2 Å². The quantitative estimate of drug-likeness (QED) is 0.803. The van der Waals surface area contributed by atoms with Crippen LogP contribution in [0.1, 0.15) is 45.3 Å². The van der Waals surface area contributed by atoms with Crippen molar-refractivity contribution in [2.75, 3.05) is 0 Å². The summed E-state index contributed by atoms with van der Waals surface area (Å²) in [6.45, 7) is 6.75. The minimum atomic E-state index is 0.301. The molecule has 0 saturated heterocycles. The van der Waals surface area contributed by atoms with Crippen molar-refractivity contribution >= 4 is 0 Å². The topological polar surface area (TPSA) is 38.1 Å². The molecule has 3 heteroatoms. The summed E-state index contributed by atoms with van der Waals surface area (Å²) in [6, 6.07) is 2.87. The second-order valence-corrected chi connectivity index (χ2v) is 5.08. The maximum atomic E-state index is 4.82. The molecule has 1 fully saturated rings. The Morgan fingerprint density at radius 3 is 2.79 bits per heavy atom. The standard InChI is InChI=1S/C11H18N2O/c1-8(10-4-5-14-13-10)12-9-6-11(2,3)7-9/h4-5,8-9,12H,6-7H2,1-3H3. The van der Waals surface area contributed by atoms with Crippen molar-refractivity contribution in [3.05, 3.63) is 18.0 Å². The van der Waals surface area contributed by atoms with Gasteiger partial charge in [-0.2, -0.15) is 0 Å². The molecule has 0 radical (unpaired) electrons. The lowest BCUT2D eigenvalue weighted by molar-refractivity contribution is 0.117. The first kappa shape index (κ1) is 9.71. The molecule has 1 aliphatic rings. The molecule has 3 nitrogen and oxygen atoms in total. The Balaban J connectivity index is 1.82. The van der Waals surface area contributed by atoms with Gasteiger partial charge in [-0.1, -0.05) is 19.0 Å². The van der Waals surface area contributed by atoms with Gasteiger partial charge in [-0.15, -0.1) is 0 Å². The van der Waals surface area contributed by atoms with Gasteiger partial charge in [0, 0.05) is 12.1 Å². The highest BCUT2D eigenvalue weighted by molar-refractivity contribution is 5.03. The molecule has 0 spiro atoms. The predicted molar refractivity (Wildman–Crippen MR) is 54.9 cm³/mol. The summed E-state index contributed by atoms with van der Waals surface area (Å²) in [5.74, 6) is 0. The molecule has 1 N–H and O–H groups in total. The van der Waals surface area contributed by atoms with E-state index in [1.165, 1.54) is 12.8 Å². The molecule has 0 amide bonds. The van der Waals surface area contributed by atoms with Crippen LogP contribution in [0.3, 0.4) is 0 Å². The van der Waals surface area contributed by atoms with E-state index in [0.29, 0.717) is 17.5 Å². The Labute approximate surface area is 84.9 Å². The van der Waals surface area contributed by atoms with E-state index in [1.54, 1.807) is 6.26 Å². The van der Waals surface area contributed by atoms with E-state index in [9.17, 15) is 0 Å². The van der Waals surface area contributed by atoms with Crippen LogP contribution in [0.15, 0.2) is 16.9 Å². The van der Waals surface area contributed by atoms with E-state index in [4.69, 9.17) is 4.52 Å². The van der Waals surface area contributed by atoms with Crippen molar-refractivity contribution in [2.24, 2.45) is 5.41 Å². The van der Waals surface area contributed by atoms with Crippen molar-refractivity contribution in [3.63, 3.8) is 0 Å². The Morgan fingerprint density at radius 2 is 2.29 bits per heavy atom. The van der Waals surface area contributed by atoms with Crippen LogP contribution in [0.5, 0.6) is 0 Å². The molecule has 1 aromatic rings. The molecule has 0 aromatic carbocycles. The normalized spacial score (nSPS) is 23.1. The van der Waals surface area contributed by atoms with Crippen molar-refractivity contribution in [1.29, 1.82) is 0 Å². The molecule has 0 bridgehead atoms. The highest BCUT2D eigenvalue weighted by Crippen LogP contribution is 2.40. The minimum absolute atomic E-state index is 0.301. The predicted octanol–water partition coefficient (Wildman–Crippen LogP) is 2.51. The molecule has 0 aliphatic heterocycles. The highest BCUT2D eigenvalue weighted by atomic mass is 16.5. The van der Waals surface area contributed by atoms with Gasteiger partial charge in [0.05, 0.1) is 6.04 Å². The second-order valence-electron chi connectivity index (χ2n) is 5.08. The number of hydrogen-bond acceptors (Lipinski definition) is 3. The molecule has 1 aliphatic carbocycles. The van der Waals surface area contributed by atoms with Crippen LogP contribution in [0.4, 0.5) is 0 Å². The average molecular weight is 194 g/mol. The van der Waals surface area contributed by atoms with Crippen LogP contribution in [0.2, 0.25) is 0 Å². The fourth-order valence-corrected chi connectivity index (χ4v) is 2.28. The van der Waals surface area contributed by atoms with Gasteiger partial charge in [0.15, 0.2) is 0 Å². The van der Waals surface area contributed by atoms with E-state index in [1.807, 2.05) is 6.07 Å². The Hall–Kier alpha value is -0.830. The summed E-state index contributed by atoms with van der Waals surface area (Å²) in [5, 5.41) is 7.48. The van der Waals surface area contributed by atoms with Gasteiger partial charge in [0.25, 0.3) is 0 Å². The number of hydrogen-bond donors (Lipinski definition) is 1. The van der Waals surface area contributed by atoms with Crippen molar-refractivity contribution in [2.45, 2.75) is 45.7 Å². The molecular weight excluding hydrogens is 176 g/mol. The van der Waals surface area contributed by atoms with E-state index >= 15 is 0 Å². The molecular formula is C11H18N2O. The lowest BCUT2D eigenvalue weighted by Gasteiger charge is -2.44. The van der Waals surface area contributed by atoms with Crippen LogP contribution >= 0.6 is 0 Å². The van der Waals surface area contributed by atoms with Gasteiger partial charge in [0.2, 0.25) is 0 Å². The third-order valence-electron chi connectivity index (χ3n) is 2.99. The lowest BCUT2D eigenvalue weighted by atomic mass is 9.68. The summed E-state index contributed by atoms with van der Waals surface area (Å²) in [6.07, 6.45) is 4.14. The summed E-state index contributed by atoms with van der Waals surface area (Å²) in [7, 11) is 0. The summed E-state index contributed by atoms with van der Waals surface area (Å²) < 4.78 is 4.82. The van der Waals surface area contributed by atoms with Gasteiger partial charge in [-0.3, -0.25) is 0 Å². The first-order chi connectivity index (χ1) is 6.57. The molecule has 1 saturated carbocycles. The van der Waals surface area contributed by atoms with E-state index in [2.05, 4.69) is 31.2 Å². The van der Waals surface area contributed by atoms with Crippen LogP contribution in [-0.4, -0.2) is 11.2 Å². The van der Waals surface area contributed by atoms with E-state index in [0.717, 1.165) is 5.69 Å². The molecule has 14 heavy (non-hydrogen) atoms. The second kappa shape index (κ2) is 3.39. The van der Waals surface area contributed by atoms with E-state index < -0.39 is 0 Å². The minimum Gasteiger partial charge on any atom is -0.364 e. The van der Waals surface area contributed by atoms with E-state index in [-0.39, 0.29) is 0 Å². The van der Waals surface area contributed by atoms with Gasteiger partial charge >= 0.3 is 0 Å². The van der Waals surface area contributed by atoms with Gasteiger partial charge in [0.1, 0.15) is 12.0 Å². The van der Waals surface area contributed by atoms with Crippen LogP contribution in [0.25, 0.3) is 0 Å². The monoisotopic (exact) mass is 194 g/mol. The molecule has 2 rings (SSSR count). The summed E-state index contributed by atoms with van der Waals surface area (Å²) in [5.41, 5.74) is 1.52. The maximum Gasteiger partial charge on any atom is 0.124 e. The SMILES string of the molecule is CC(NC1CC(C)(C)C1)c1ccon1. The third-order valence-corrected chi connectivity index (χ3v) is 2.99. The van der Waals surface area contributed by atoms with Crippen molar-refractivity contribution in [3.8, 4) is 0 Å². The molecule has 1 aromatic heterocycles. The fraction of sp³-hybridized carbons (Fsp3) is 0.727. The molecule has 1 heterocycles. The zero-order valence-corrected chi connectivity index (χ0v) is 9.08. The molecule has 78 valence electrons. The lowest BCUT2D eigenvalue weighted by Crippen LogP contribution is -2.46. The van der Waals surface area contributed by atoms with Crippen molar-refractivity contribution < 1.29 is 4.52 Å². The summed E-state index contributed by atoms with van der Waals surface area (Å²) >= 11 is 0. The van der Waals surface area contributed by atoms with Crippen molar-refractivity contribution in [1.82, 2.24) is 10.5 Å². The number of nitrogens with zero attached hydrogens (tertiary/aromatic N) is 1. The van der Waals surface area contributed by atoms with Gasteiger partial charge < -0.3 is 9.84 Å². The smallest absolute Gasteiger partial charge is 0.124 e. The zero-order chi connectivity index (χ0) is 10.2. The zero-order valence-electron chi connectivity index (χ0n) is 9.08. The first-order valence-corrected chi connectivity index (χ1v) is 5.23. The highest BCUT2D eigenvalue weighted by Gasteiger charge is 2.36. The Morgan fingerprint density at radius 1 is 1.57 bits per heavy atom. The maximum absolute atomic E-state index is 4.82. The fourth-order valence-electron chi connectivity index (χ4n) is 2.28. The van der Waals surface area contributed by atoms with Crippen LogP contribution in [0, 0.1) is 5.41 Å². The number of nitrogens with one attached hydrogen (secondary N) is 1. The van der Waals surface area contributed by atoms with Crippen LogP contribution < -0.4 is 5.32 Å². The Bertz CT molecular complexity index is 284. The number of aromatic nitrogens is 1.